The van der Waals surface area contributed by atoms with Crippen molar-refractivity contribution >= 4 is 23.5 Å². The number of nitrogens with two attached hydrogens (primary N) is 1. The maximum Gasteiger partial charge on any atom is 0.305 e. The predicted octanol–water partition coefficient (Wildman–Crippen LogP) is 4.51. The van der Waals surface area contributed by atoms with Crippen molar-refractivity contribution in [3.63, 3.8) is 0 Å². The van der Waals surface area contributed by atoms with Gasteiger partial charge in [-0.15, -0.1) is 0 Å². The first-order chi connectivity index (χ1) is 14.3. The van der Waals surface area contributed by atoms with E-state index in [1.165, 1.54) is 19.2 Å². The molecule has 1 aromatic heterocycles. The largest absolute Gasteiger partial charge is 0.469 e. The molecule has 0 aliphatic carbocycles. The van der Waals surface area contributed by atoms with Gasteiger partial charge in [-0.1, -0.05) is 35.9 Å². The van der Waals surface area contributed by atoms with Gasteiger partial charge in [0.1, 0.15) is 5.82 Å². The Kier molecular flexibility index (Phi) is 6.57. The van der Waals surface area contributed by atoms with E-state index >= 15 is 0 Å². The van der Waals surface area contributed by atoms with Gasteiger partial charge in [-0.3, -0.25) is 9.59 Å². The molecule has 0 atom stereocenters. The van der Waals surface area contributed by atoms with Crippen molar-refractivity contribution in [2.24, 2.45) is 5.73 Å². The average Bonchev–Trinajstić information content (AvgIpc) is 2.98. The van der Waals surface area contributed by atoms with Crippen LogP contribution in [0.2, 0.25) is 5.02 Å². The summed E-state index contributed by atoms with van der Waals surface area (Å²) in [5.41, 5.74) is 9.34. The maximum atomic E-state index is 14.0. The summed E-state index contributed by atoms with van der Waals surface area (Å²) in [5, 5.41) is 0.592. The highest BCUT2D eigenvalue weighted by Gasteiger charge is 2.25. The van der Waals surface area contributed by atoms with Crippen LogP contribution in [0.15, 0.2) is 48.5 Å². The summed E-state index contributed by atoms with van der Waals surface area (Å²) < 4.78 is 20.7. The van der Waals surface area contributed by atoms with Gasteiger partial charge in [0.25, 0.3) is 5.91 Å². The zero-order chi connectivity index (χ0) is 21.8. The lowest BCUT2D eigenvalue weighted by Gasteiger charge is -2.14. The summed E-state index contributed by atoms with van der Waals surface area (Å²) in [5.74, 6) is -1.42. The van der Waals surface area contributed by atoms with Crippen LogP contribution in [0.1, 0.15) is 33.7 Å². The molecule has 2 aromatic carbocycles. The number of ether oxygens (including phenoxy) is 1. The van der Waals surface area contributed by atoms with Crippen molar-refractivity contribution in [3.8, 4) is 11.1 Å². The number of esters is 1. The van der Waals surface area contributed by atoms with Gasteiger partial charge in [-0.05, 0) is 48.7 Å². The molecule has 3 aromatic rings. The molecule has 7 heteroatoms. The summed E-state index contributed by atoms with van der Waals surface area (Å²) >= 11 is 6.13. The molecule has 0 saturated carbocycles. The van der Waals surface area contributed by atoms with Gasteiger partial charge in [0, 0.05) is 28.5 Å². The number of primary amides is 1. The molecule has 1 heterocycles. The molecule has 2 N–H and O–H groups in total. The van der Waals surface area contributed by atoms with Crippen LogP contribution in [-0.4, -0.2) is 23.6 Å². The second-order valence-corrected chi connectivity index (χ2v) is 7.39. The smallest absolute Gasteiger partial charge is 0.305 e. The van der Waals surface area contributed by atoms with E-state index in [9.17, 15) is 14.0 Å². The van der Waals surface area contributed by atoms with E-state index in [0.717, 1.165) is 5.56 Å². The van der Waals surface area contributed by atoms with Crippen LogP contribution in [0.4, 0.5) is 4.39 Å². The lowest BCUT2D eigenvalue weighted by molar-refractivity contribution is -0.140. The predicted molar refractivity (Wildman–Crippen MR) is 114 cm³/mol. The molecule has 30 heavy (non-hydrogen) atoms. The minimum absolute atomic E-state index is 0.107. The molecule has 0 bridgehead atoms. The van der Waals surface area contributed by atoms with Crippen LogP contribution in [0.3, 0.4) is 0 Å². The van der Waals surface area contributed by atoms with Crippen molar-refractivity contribution in [3.05, 3.63) is 81.9 Å². The second kappa shape index (κ2) is 9.13. The summed E-state index contributed by atoms with van der Waals surface area (Å²) in [6.07, 6.45) is 0.406. The SMILES string of the molecule is COC(=O)CCc1c(-c2cccc(F)c2)c(C(N)=O)c(C)n1Cc1cccc(Cl)c1. The molecule has 0 aliphatic heterocycles. The number of rotatable bonds is 7. The molecule has 0 unspecified atom stereocenters. The molecule has 1 amide bonds. The minimum atomic E-state index is -0.615. The van der Waals surface area contributed by atoms with Gasteiger partial charge in [-0.2, -0.15) is 0 Å². The Hall–Kier alpha value is -3.12. The Morgan fingerprint density at radius 1 is 1.17 bits per heavy atom. The Balaban J connectivity index is 2.22. The van der Waals surface area contributed by atoms with Crippen molar-refractivity contribution in [1.82, 2.24) is 4.57 Å². The molecule has 156 valence electrons. The van der Waals surface area contributed by atoms with E-state index in [4.69, 9.17) is 22.1 Å². The van der Waals surface area contributed by atoms with E-state index in [-0.39, 0.29) is 12.4 Å². The van der Waals surface area contributed by atoms with Gasteiger partial charge >= 0.3 is 5.97 Å². The third-order valence-corrected chi connectivity index (χ3v) is 5.25. The van der Waals surface area contributed by atoms with E-state index < -0.39 is 11.7 Å². The molecule has 5 nitrogen and oxygen atoms in total. The van der Waals surface area contributed by atoms with Crippen molar-refractivity contribution < 1.29 is 18.7 Å². The number of carbonyl (C=O) groups excluding carboxylic acids is 2. The Bertz CT molecular complexity index is 1110. The Morgan fingerprint density at radius 2 is 1.90 bits per heavy atom. The van der Waals surface area contributed by atoms with Crippen LogP contribution < -0.4 is 5.73 Å². The van der Waals surface area contributed by atoms with Crippen LogP contribution in [0, 0.1) is 12.7 Å². The zero-order valence-corrected chi connectivity index (χ0v) is 17.5. The highest BCUT2D eigenvalue weighted by atomic mass is 35.5. The molecule has 0 aliphatic rings. The number of benzene rings is 2. The molecular weight excluding hydrogens is 407 g/mol. The lowest BCUT2D eigenvalue weighted by Crippen LogP contribution is -2.13. The number of hydrogen-bond acceptors (Lipinski definition) is 3. The van der Waals surface area contributed by atoms with E-state index in [0.29, 0.717) is 46.1 Å². The standard InChI is InChI=1S/C23H22ClFN2O3/c1-14-21(23(26)29)22(16-6-4-8-18(25)12-16)19(9-10-20(28)30-2)27(14)13-15-5-3-7-17(24)11-15/h3-8,11-12H,9-10,13H2,1-2H3,(H2,26,29). The van der Waals surface area contributed by atoms with Gasteiger partial charge in [0.15, 0.2) is 0 Å². The molecule has 0 spiro atoms. The number of aromatic nitrogens is 1. The summed E-state index contributed by atoms with van der Waals surface area (Å²) in [6.45, 7) is 2.20. The topological polar surface area (TPSA) is 74.3 Å². The molecule has 3 rings (SSSR count). The monoisotopic (exact) mass is 428 g/mol. The van der Waals surface area contributed by atoms with E-state index in [2.05, 4.69) is 0 Å². The summed E-state index contributed by atoms with van der Waals surface area (Å²) in [6, 6.07) is 13.3. The maximum absolute atomic E-state index is 14.0. The summed E-state index contributed by atoms with van der Waals surface area (Å²) in [4.78, 5) is 24.2. The first kappa shape index (κ1) is 21.6. The highest BCUT2D eigenvalue weighted by Crippen LogP contribution is 2.34. The fourth-order valence-electron chi connectivity index (χ4n) is 3.67. The number of carbonyl (C=O) groups is 2. The van der Waals surface area contributed by atoms with E-state index in [1.807, 2.05) is 22.8 Å². The third kappa shape index (κ3) is 4.54. The van der Waals surface area contributed by atoms with Crippen molar-refractivity contribution in [1.29, 1.82) is 0 Å². The van der Waals surface area contributed by atoms with Crippen LogP contribution in [0.5, 0.6) is 0 Å². The minimum Gasteiger partial charge on any atom is -0.469 e. The molecule has 0 saturated heterocycles. The number of methoxy groups -OCH3 is 1. The Labute approximate surface area is 179 Å². The third-order valence-electron chi connectivity index (χ3n) is 5.01. The quantitative estimate of drug-likeness (QED) is 0.562. The van der Waals surface area contributed by atoms with Gasteiger partial charge < -0.3 is 15.0 Å². The van der Waals surface area contributed by atoms with Gasteiger partial charge in [0.05, 0.1) is 19.1 Å². The van der Waals surface area contributed by atoms with Crippen LogP contribution >= 0.6 is 11.6 Å². The molecular formula is C23H22ClFN2O3. The lowest BCUT2D eigenvalue weighted by atomic mass is 9.98. The fraction of sp³-hybridized carbons (Fsp3) is 0.217. The van der Waals surface area contributed by atoms with Crippen LogP contribution in [-0.2, 0) is 22.5 Å². The number of hydrogen-bond donors (Lipinski definition) is 1. The number of nitrogens with zero attached hydrogens (tertiary/aromatic N) is 1. The fourth-order valence-corrected chi connectivity index (χ4v) is 3.88. The highest BCUT2D eigenvalue weighted by molar-refractivity contribution is 6.30. The average molecular weight is 429 g/mol. The van der Waals surface area contributed by atoms with Crippen molar-refractivity contribution in [2.75, 3.05) is 7.11 Å². The van der Waals surface area contributed by atoms with Gasteiger partial charge in [0.2, 0.25) is 0 Å². The molecule has 0 radical (unpaired) electrons. The summed E-state index contributed by atoms with van der Waals surface area (Å²) in [7, 11) is 1.32. The van der Waals surface area contributed by atoms with Crippen LogP contribution in [0.25, 0.3) is 11.1 Å². The first-order valence-corrected chi connectivity index (χ1v) is 9.78. The first-order valence-electron chi connectivity index (χ1n) is 9.40. The Morgan fingerprint density at radius 3 is 2.53 bits per heavy atom. The second-order valence-electron chi connectivity index (χ2n) is 6.95. The normalized spacial score (nSPS) is 10.8. The van der Waals surface area contributed by atoms with Crippen molar-refractivity contribution in [2.45, 2.75) is 26.3 Å². The number of amides is 1. The zero-order valence-electron chi connectivity index (χ0n) is 16.7. The van der Waals surface area contributed by atoms with Gasteiger partial charge in [-0.25, -0.2) is 4.39 Å². The van der Waals surface area contributed by atoms with E-state index in [1.54, 1.807) is 25.1 Å². The molecule has 0 fully saturated rings. The number of halogens is 2.